The van der Waals surface area contributed by atoms with E-state index in [1.165, 1.54) is 13.2 Å². The zero-order chi connectivity index (χ0) is 16.8. The molecule has 0 aliphatic heterocycles. The number of carbonyl (C=O) groups excluding carboxylic acids is 2. The monoisotopic (exact) mass is 313 g/mol. The molecular formula is C18H19NO4. The van der Waals surface area contributed by atoms with Crippen molar-refractivity contribution < 1.29 is 19.1 Å². The second-order valence-corrected chi connectivity index (χ2v) is 5.13. The Bertz CT molecular complexity index is 705. The maximum Gasteiger partial charge on any atom is 0.262 e. The molecule has 120 valence electrons. The molecule has 5 heteroatoms. The lowest BCUT2D eigenvalue weighted by atomic mass is 10.1. The van der Waals surface area contributed by atoms with Gasteiger partial charge in [-0.15, -0.1) is 0 Å². The predicted octanol–water partition coefficient (Wildman–Crippen LogP) is 3.14. The second-order valence-electron chi connectivity index (χ2n) is 5.13. The lowest BCUT2D eigenvalue weighted by Gasteiger charge is -2.13. The van der Waals surface area contributed by atoms with Crippen LogP contribution in [0.4, 0.5) is 5.69 Å². The summed E-state index contributed by atoms with van der Waals surface area (Å²) in [5.74, 6) is 0.546. The number of carbonyl (C=O) groups is 2. The van der Waals surface area contributed by atoms with E-state index in [0.717, 1.165) is 16.8 Å². The molecule has 5 nitrogen and oxygen atoms in total. The molecule has 0 aliphatic rings. The van der Waals surface area contributed by atoms with Gasteiger partial charge in [0.05, 0.1) is 7.11 Å². The fraction of sp³-hybridized carbons (Fsp3) is 0.222. The van der Waals surface area contributed by atoms with Gasteiger partial charge in [-0.25, -0.2) is 0 Å². The Morgan fingerprint density at radius 3 is 2.43 bits per heavy atom. The Morgan fingerprint density at radius 2 is 1.83 bits per heavy atom. The normalized spacial score (nSPS) is 10.0. The summed E-state index contributed by atoms with van der Waals surface area (Å²) in [5.41, 5.74) is 3.21. The molecule has 2 aromatic carbocycles. The van der Waals surface area contributed by atoms with E-state index >= 15 is 0 Å². The summed E-state index contributed by atoms with van der Waals surface area (Å²) in [5, 5.41) is 2.84. The highest BCUT2D eigenvalue weighted by Gasteiger charge is 2.11. The molecule has 0 saturated carbocycles. The minimum absolute atomic E-state index is 0.174. The summed E-state index contributed by atoms with van der Waals surface area (Å²) in [7, 11) is 1.50. The van der Waals surface area contributed by atoms with Crippen molar-refractivity contribution in [1.29, 1.82) is 0 Å². The molecule has 0 radical (unpaired) electrons. The first-order chi connectivity index (χ1) is 11.0. The molecule has 0 bridgehead atoms. The van der Waals surface area contributed by atoms with Crippen molar-refractivity contribution in [3.05, 3.63) is 53.1 Å². The van der Waals surface area contributed by atoms with Crippen LogP contribution in [0.25, 0.3) is 0 Å². The van der Waals surface area contributed by atoms with Gasteiger partial charge in [0.1, 0.15) is 6.29 Å². The summed E-state index contributed by atoms with van der Waals surface area (Å²) in [6.07, 6.45) is 0.711. The van der Waals surface area contributed by atoms with E-state index in [4.69, 9.17) is 9.47 Å². The second kappa shape index (κ2) is 7.45. The Kier molecular flexibility index (Phi) is 5.36. The van der Waals surface area contributed by atoms with Crippen LogP contribution in [0.5, 0.6) is 11.5 Å². The number of anilines is 1. The molecule has 0 aliphatic carbocycles. The van der Waals surface area contributed by atoms with Gasteiger partial charge in [0.25, 0.3) is 5.91 Å². The van der Waals surface area contributed by atoms with E-state index in [9.17, 15) is 9.59 Å². The maximum absolute atomic E-state index is 12.1. The molecule has 1 amide bonds. The van der Waals surface area contributed by atoms with E-state index in [2.05, 4.69) is 5.32 Å². The van der Waals surface area contributed by atoms with Gasteiger partial charge in [0, 0.05) is 11.3 Å². The summed E-state index contributed by atoms with van der Waals surface area (Å²) in [4.78, 5) is 22.9. The summed E-state index contributed by atoms with van der Waals surface area (Å²) in [6.45, 7) is 3.69. The Hall–Kier alpha value is -2.82. The SMILES string of the molecule is COc1ccc(C=O)cc1OCC(=O)Nc1c(C)cccc1C. The highest BCUT2D eigenvalue weighted by atomic mass is 16.5. The summed E-state index contributed by atoms with van der Waals surface area (Å²) >= 11 is 0. The molecule has 2 rings (SSSR count). The number of ether oxygens (including phenoxy) is 2. The Balaban J connectivity index is 2.06. The topological polar surface area (TPSA) is 64.6 Å². The van der Waals surface area contributed by atoms with Crippen LogP contribution in [-0.2, 0) is 4.79 Å². The molecule has 0 spiro atoms. The van der Waals surface area contributed by atoms with Gasteiger partial charge in [-0.3, -0.25) is 9.59 Å². The standard InChI is InChI=1S/C18H19NO4/c1-12-5-4-6-13(2)18(12)19-17(21)11-23-16-9-14(10-20)7-8-15(16)22-3/h4-10H,11H2,1-3H3,(H,19,21). The van der Waals surface area contributed by atoms with Crippen molar-refractivity contribution in [1.82, 2.24) is 0 Å². The van der Waals surface area contributed by atoms with Gasteiger partial charge in [0.2, 0.25) is 0 Å². The number of hydrogen-bond donors (Lipinski definition) is 1. The van der Waals surface area contributed by atoms with Crippen molar-refractivity contribution in [2.75, 3.05) is 19.0 Å². The van der Waals surface area contributed by atoms with E-state index in [0.29, 0.717) is 23.3 Å². The van der Waals surface area contributed by atoms with Crippen molar-refractivity contribution >= 4 is 17.9 Å². The van der Waals surface area contributed by atoms with Gasteiger partial charge in [-0.2, -0.15) is 0 Å². The van der Waals surface area contributed by atoms with E-state index in [-0.39, 0.29) is 12.5 Å². The average Bonchev–Trinajstić information content (AvgIpc) is 2.56. The van der Waals surface area contributed by atoms with Crippen molar-refractivity contribution in [2.24, 2.45) is 0 Å². The first-order valence-corrected chi connectivity index (χ1v) is 7.17. The van der Waals surface area contributed by atoms with Crippen LogP contribution in [0, 0.1) is 13.8 Å². The zero-order valence-corrected chi connectivity index (χ0v) is 13.4. The van der Waals surface area contributed by atoms with Gasteiger partial charge < -0.3 is 14.8 Å². The number of amides is 1. The van der Waals surface area contributed by atoms with Crippen LogP contribution in [0.15, 0.2) is 36.4 Å². The molecular weight excluding hydrogens is 294 g/mol. The highest BCUT2D eigenvalue weighted by molar-refractivity contribution is 5.93. The van der Waals surface area contributed by atoms with Crippen LogP contribution in [0.2, 0.25) is 0 Å². The quantitative estimate of drug-likeness (QED) is 0.832. The minimum Gasteiger partial charge on any atom is -0.493 e. The number of nitrogens with one attached hydrogen (secondary N) is 1. The van der Waals surface area contributed by atoms with Gasteiger partial charge in [-0.1, -0.05) is 18.2 Å². The smallest absolute Gasteiger partial charge is 0.262 e. The van der Waals surface area contributed by atoms with Crippen molar-refractivity contribution in [3.63, 3.8) is 0 Å². The molecule has 1 N–H and O–H groups in total. The number of aryl methyl sites for hydroxylation is 2. The molecule has 2 aromatic rings. The first kappa shape index (κ1) is 16.5. The minimum atomic E-state index is -0.277. The maximum atomic E-state index is 12.1. The molecule has 0 unspecified atom stereocenters. The molecule has 0 heterocycles. The molecule has 0 atom stereocenters. The number of hydrogen-bond acceptors (Lipinski definition) is 4. The average molecular weight is 313 g/mol. The van der Waals surface area contributed by atoms with Crippen molar-refractivity contribution in [2.45, 2.75) is 13.8 Å². The third kappa shape index (κ3) is 4.10. The third-order valence-electron chi connectivity index (χ3n) is 3.43. The van der Waals surface area contributed by atoms with Gasteiger partial charge >= 0.3 is 0 Å². The van der Waals surface area contributed by atoms with Crippen LogP contribution in [0.1, 0.15) is 21.5 Å². The van der Waals surface area contributed by atoms with Gasteiger partial charge in [0.15, 0.2) is 18.1 Å². The molecule has 0 aromatic heterocycles. The highest BCUT2D eigenvalue weighted by Crippen LogP contribution is 2.27. The number of aldehydes is 1. The van der Waals surface area contributed by atoms with Crippen LogP contribution in [-0.4, -0.2) is 25.9 Å². The Morgan fingerprint density at radius 1 is 1.13 bits per heavy atom. The molecule has 0 fully saturated rings. The van der Waals surface area contributed by atoms with Gasteiger partial charge in [-0.05, 0) is 43.2 Å². The predicted molar refractivity (Wildman–Crippen MR) is 88.4 cm³/mol. The van der Waals surface area contributed by atoms with Crippen LogP contribution >= 0.6 is 0 Å². The van der Waals surface area contributed by atoms with Crippen LogP contribution in [0.3, 0.4) is 0 Å². The van der Waals surface area contributed by atoms with E-state index in [1.807, 2.05) is 32.0 Å². The van der Waals surface area contributed by atoms with E-state index in [1.54, 1.807) is 12.1 Å². The molecule has 0 saturated heterocycles. The third-order valence-corrected chi connectivity index (χ3v) is 3.43. The van der Waals surface area contributed by atoms with Crippen LogP contribution < -0.4 is 14.8 Å². The Labute approximate surface area is 135 Å². The number of para-hydroxylation sites is 1. The number of rotatable bonds is 6. The fourth-order valence-corrected chi connectivity index (χ4v) is 2.21. The lowest BCUT2D eigenvalue weighted by molar-refractivity contribution is -0.118. The zero-order valence-electron chi connectivity index (χ0n) is 13.4. The first-order valence-electron chi connectivity index (χ1n) is 7.17. The number of methoxy groups -OCH3 is 1. The lowest BCUT2D eigenvalue weighted by Crippen LogP contribution is -2.21. The van der Waals surface area contributed by atoms with E-state index < -0.39 is 0 Å². The number of benzene rings is 2. The van der Waals surface area contributed by atoms with Crippen molar-refractivity contribution in [3.8, 4) is 11.5 Å². The fourth-order valence-electron chi connectivity index (χ4n) is 2.21. The largest absolute Gasteiger partial charge is 0.493 e. The molecule has 23 heavy (non-hydrogen) atoms. The summed E-state index contributed by atoms with van der Waals surface area (Å²) in [6, 6.07) is 10.6. The summed E-state index contributed by atoms with van der Waals surface area (Å²) < 4.78 is 10.6.